The molecule has 7 aliphatic rings. The molecule has 5 aromatic rings. The van der Waals surface area contributed by atoms with Crippen molar-refractivity contribution in [2.24, 2.45) is 5.92 Å². The molecule has 5 aliphatic heterocycles. The fraction of sp³-hybridized carbons (Fsp3) is 0.516. The van der Waals surface area contributed by atoms with Crippen LogP contribution >= 0.6 is 0 Å². The van der Waals surface area contributed by atoms with Gasteiger partial charge in [-0.3, -0.25) is 33.7 Å². The summed E-state index contributed by atoms with van der Waals surface area (Å²) in [6, 6.07) is 18.9. The molecule has 2 atom stereocenters. The van der Waals surface area contributed by atoms with Crippen LogP contribution in [-0.2, 0) is 32.1 Å². The van der Waals surface area contributed by atoms with Gasteiger partial charge in [-0.1, -0.05) is 68.7 Å². The molecule has 17 nitrogen and oxygen atoms in total. The highest BCUT2D eigenvalue weighted by Gasteiger charge is 2.52. The third-order valence-electron chi connectivity index (χ3n) is 18.5. The molecule has 6 heterocycles. The van der Waals surface area contributed by atoms with E-state index >= 15 is 4.39 Å². The molecular formula is C64H78F4N10O7. The fourth-order valence-corrected chi connectivity index (χ4v) is 13.3. The van der Waals surface area contributed by atoms with Crippen LogP contribution in [0.4, 0.5) is 17.6 Å². The van der Waals surface area contributed by atoms with Crippen molar-refractivity contribution in [3.05, 3.63) is 146 Å². The van der Waals surface area contributed by atoms with Crippen molar-refractivity contribution in [1.82, 2.24) is 50.6 Å². The lowest BCUT2D eigenvalue weighted by Crippen LogP contribution is -2.67. The average Bonchev–Trinajstić information content (AvgIpc) is 1.70. The Morgan fingerprint density at radius 1 is 0.765 bits per heavy atom. The summed E-state index contributed by atoms with van der Waals surface area (Å²) >= 11 is 0. The molecule has 1 aromatic heterocycles. The van der Waals surface area contributed by atoms with Crippen LogP contribution in [0.15, 0.2) is 83.7 Å². The van der Waals surface area contributed by atoms with E-state index in [1.165, 1.54) is 30.3 Å². The van der Waals surface area contributed by atoms with Gasteiger partial charge in [0.2, 0.25) is 18.2 Å². The Labute approximate surface area is 493 Å². The first-order valence-electron chi connectivity index (χ1n) is 30.3. The highest BCUT2D eigenvalue weighted by molar-refractivity contribution is 5.98. The number of carbonyl (C=O) groups is 5. The summed E-state index contributed by atoms with van der Waals surface area (Å²) in [5, 5.41) is 17.2. The van der Waals surface area contributed by atoms with E-state index < -0.39 is 46.7 Å². The first-order valence-corrected chi connectivity index (χ1v) is 30.3. The minimum absolute atomic E-state index is 0.00390. The van der Waals surface area contributed by atoms with Crippen LogP contribution in [0.3, 0.4) is 0 Å². The number of nitrogens with one attached hydrogen (secondary N) is 4. The number of piperidine rings is 1. The summed E-state index contributed by atoms with van der Waals surface area (Å²) < 4.78 is 64.7. The zero-order valence-corrected chi connectivity index (χ0v) is 48.5. The molecule has 4 N–H and O–H groups in total. The summed E-state index contributed by atoms with van der Waals surface area (Å²) in [6.07, 6.45) is 10.5. The number of aromatic amines is 1. The number of rotatable bonds is 17. The summed E-state index contributed by atoms with van der Waals surface area (Å²) in [5.41, 5.74) is 0.952. The lowest BCUT2D eigenvalue weighted by atomic mass is 9.70. The number of likely N-dealkylation sites (tertiary alicyclic amines) is 1. The molecule has 5 saturated heterocycles. The Bertz CT molecular complexity index is 3250. The van der Waals surface area contributed by atoms with Gasteiger partial charge >= 0.3 is 0 Å². The van der Waals surface area contributed by atoms with Crippen molar-refractivity contribution >= 4 is 40.8 Å². The first kappa shape index (κ1) is 61.0. The summed E-state index contributed by atoms with van der Waals surface area (Å²) in [4.78, 5) is 86.7. The molecule has 21 heteroatoms. The van der Waals surface area contributed by atoms with E-state index in [2.05, 4.69) is 42.9 Å². The van der Waals surface area contributed by atoms with E-state index in [4.69, 9.17) is 4.74 Å². The van der Waals surface area contributed by atoms with Crippen LogP contribution in [-0.4, -0.2) is 174 Å². The predicted octanol–water partition coefficient (Wildman–Crippen LogP) is 6.68. The molecule has 454 valence electrons. The molecule has 2 aliphatic carbocycles. The zero-order chi connectivity index (χ0) is 59.7. The highest BCUT2D eigenvalue weighted by atomic mass is 19.1. The Kier molecular flexibility index (Phi) is 19.8. The Balaban J connectivity index is 0.000000232. The van der Waals surface area contributed by atoms with E-state index in [9.17, 15) is 41.9 Å². The van der Waals surface area contributed by atoms with Crippen molar-refractivity contribution < 1.29 is 46.3 Å². The van der Waals surface area contributed by atoms with Gasteiger partial charge in [-0.05, 0) is 105 Å². The van der Waals surface area contributed by atoms with Gasteiger partial charge in [0.1, 0.15) is 29.3 Å². The number of benzene rings is 4. The van der Waals surface area contributed by atoms with Crippen molar-refractivity contribution in [1.29, 1.82) is 0 Å². The van der Waals surface area contributed by atoms with Crippen molar-refractivity contribution in [2.45, 2.75) is 114 Å². The van der Waals surface area contributed by atoms with Gasteiger partial charge < -0.3 is 40.3 Å². The number of H-pyrrole nitrogens is 1. The van der Waals surface area contributed by atoms with Crippen LogP contribution in [0, 0.1) is 29.2 Å². The quantitative estimate of drug-likeness (QED) is 0.0574. The number of piperazine rings is 2. The predicted molar refractivity (Wildman–Crippen MR) is 313 cm³/mol. The number of hydrogen-bond donors (Lipinski definition) is 4. The molecular weight excluding hydrogens is 1100 g/mol. The molecule has 7 fully saturated rings. The normalized spacial score (nSPS) is 22.6. The smallest absolute Gasteiger partial charge is 0.272 e. The molecule has 0 radical (unpaired) electrons. The maximum absolute atomic E-state index is 16.4. The summed E-state index contributed by atoms with van der Waals surface area (Å²) in [5.74, 6) is -4.36. The lowest BCUT2D eigenvalue weighted by molar-refractivity contribution is -0.176. The van der Waals surface area contributed by atoms with E-state index in [1.54, 1.807) is 45.0 Å². The van der Waals surface area contributed by atoms with Gasteiger partial charge in [-0.15, -0.1) is 0 Å². The number of hydrogen-bond acceptors (Lipinski definition) is 11. The minimum atomic E-state index is -0.789. The maximum Gasteiger partial charge on any atom is 0.272 e. The topological polar surface area (TPSA) is 193 Å². The number of likely N-dealkylation sites (N-methyl/N-ethyl adjacent to an activating group) is 1. The molecule has 4 aromatic carbocycles. The monoisotopic (exact) mass is 1170 g/mol. The number of aromatic nitrogens is 2. The van der Waals surface area contributed by atoms with Crippen LogP contribution in [0.5, 0.6) is 0 Å². The van der Waals surface area contributed by atoms with Crippen molar-refractivity contribution in [3.63, 3.8) is 0 Å². The van der Waals surface area contributed by atoms with Crippen LogP contribution in [0.1, 0.15) is 127 Å². The van der Waals surface area contributed by atoms with Gasteiger partial charge in [0, 0.05) is 108 Å². The summed E-state index contributed by atoms with van der Waals surface area (Å²) in [6.45, 7) is 11.3. The second-order valence-corrected chi connectivity index (χ2v) is 24.0. The van der Waals surface area contributed by atoms with Crippen molar-refractivity contribution in [3.8, 4) is 0 Å². The standard InChI is InChI=1S/C43H59F3N6O4.C21H19FN4O3/c1-2-50-20-22-51(23-21-50)28-43-17-15-42(16-18-43,29-56-43)49-41(55)39(30-8-4-3-5-9-30)48-40(54)35-12-6-11-34(38(35)46)32-10-7-19-52(27-32)37(53)26-47-25-31-13-14-33(44)24-36(31)45;22-18-6-5-14(11-17(18)21(29)26-9-7-25(13-27)8-10-26)12-19-15-3-1-2-4-16(15)20(28)24-23-19/h6,11-14,24,30,32,39,47H,2-5,7-10,15-23,25-29H2,1H3,(H,48,54)(H,49,55);1-6,11,13H,7-10,12H2,(H,24,28). The average molecular weight is 1180 g/mol. The molecule has 0 spiro atoms. The number of carbonyl (C=O) groups excluding carboxylic acids is 5. The van der Waals surface area contributed by atoms with E-state index in [0.29, 0.717) is 80.8 Å². The zero-order valence-electron chi connectivity index (χ0n) is 48.5. The number of amides is 5. The van der Waals surface area contributed by atoms with Crippen LogP contribution < -0.4 is 21.5 Å². The Hall–Kier alpha value is -7.07. The number of fused-ring (bicyclic) bond motifs is 4. The fourth-order valence-electron chi connectivity index (χ4n) is 13.3. The lowest BCUT2D eigenvalue weighted by Gasteiger charge is -2.55. The molecule has 2 bridgehead atoms. The molecule has 85 heavy (non-hydrogen) atoms. The largest absolute Gasteiger partial charge is 0.371 e. The number of ether oxygens (including phenoxy) is 1. The van der Waals surface area contributed by atoms with Gasteiger partial charge in [-0.2, -0.15) is 5.10 Å². The van der Waals surface area contributed by atoms with Crippen LogP contribution in [0.2, 0.25) is 0 Å². The Morgan fingerprint density at radius 2 is 1.51 bits per heavy atom. The second-order valence-electron chi connectivity index (χ2n) is 24.0. The SMILES string of the molecule is CCN1CCN(CC23CCC(NC(=O)C(NC(=O)c4cccc(C5CCCN(C(=O)CNCc6ccc(F)cc6F)C5)c4F)C4CCCCC4)(CC2)CO3)CC1.O=CN1CCN(C(=O)c2cc(Cc3n[nH]c(=O)c4ccccc34)ccc2F)CC1. The molecule has 2 saturated carbocycles. The van der Waals surface area contributed by atoms with E-state index in [1.807, 2.05) is 12.1 Å². The third kappa shape index (κ3) is 14.6. The number of nitrogens with zero attached hydrogens (tertiary/aromatic N) is 6. The van der Waals surface area contributed by atoms with Crippen molar-refractivity contribution in [2.75, 3.05) is 91.7 Å². The van der Waals surface area contributed by atoms with Gasteiger partial charge in [0.05, 0.1) is 46.5 Å². The second kappa shape index (κ2) is 27.5. The highest BCUT2D eigenvalue weighted by Crippen LogP contribution is 2.44. The van der Waals surface area contributed by atoms with Crippen LogP contribution in [0.25, 0.3) is 10.8 Å². The van der Waals surface area contributed by atoms with Gasteiger partial charge in [0.15, 0.2) is 0 Å². The molecule has 5 amide bonds. The van der Waals surface area contributed by atoms with Gasteiger partial charge in [0.25, 0.3) is 17.4 Å². The molecule has 2 unspecified atom stereocenters. The third-order valence-corrected chi connectivity index (χ3v) is 18.5. The minimum Gasteiger partial charge on any atom is -0.371 e. The number of halogens is 4. The maximum atomic E-state index is 16.4. The first-order chi connectivity index (χ1) is 41.1. The van der Waals surface area contributed by atoms with E-state index in [-0.39, 0.29) is 71.1 Å². The Morgan fingerprint density at radius 3 is 2.21 bits per heavy atom. The van der Waals surface area contributed by atoms with E-state index in [0.717, 1.165) is 115 Å². The summed E-state index contributed by atoms with van der Waals surface area (Å²) in [7, 11) is 0. The molecule has 12 rings (SSSR count). The van der Waals surface area contributed by atoms with Gasteiger partial charge in [-0.25, -0.2) is 22.7 Å².